The Balaban J connectivity index is 1.89. The van der Waals surface area contributed by atoms with Crippen LogP contribution < -0.4 is 5.32 Å². The van der Waals surface area contributed by atoms with Crippen molar-refractivity contribution in [2.45, 2.75) is 11.1 Å². The molecule has 3 rings (SSSR count). The lowest BCUT2D eigenvalue weighted by Gasteiger charge is -2.06. The number of carboxylic acid groups (broad SMARTS) is 1. The summed E-state index contributed by atoms with van der Waals surface area (Å²) in [6, 6.07) is 7.77. The molecule has 2 aromatic heterocycles. The summed E-state index contributed by atoms with van der Waals surface area (Å²) in [5.74, 6) is -0.904. The molecule has 3 aromatic rings. The van der Waals surface area contributed by atoms with E-state index in [-0.39, 0.29) is 0 Å². The molecule has 0 aliphatic carbocycles. The molecule has 0 atom stereocenters. The summed E-state index contributed by atoms with van der Waals surface area (Å²) in [6.07, 6.45) is 1.94. The number of nitrogens with zero attached hydrogens (tertiary/aromatic N) is 1. The molecule has 2 heterocycles. The first kappa shape index (κ1) is 17.5. The zero-order chi connectivity index (χ0) is 17.3. The van der Waals surface area contributed by atoms with Crippen molar-refractivity contribution < 1.29 is 9.90 Å². The number of rotatable bonds is 5. The molecule has 2 N–H and O–H groups in total. The maximum atomic E-state index is 11.2. The van der Waals surface area contributed by atoms with Gasteiger partial charge in [0, 0.05) is 15.4 Å². The molecule has 0 amide bonds. The number of hydrogen-bond donors (Lipinski definition) is 2. The molecule has 0 unspecified atom stereocenters. The van der Waals surface area contributed by atoms with Crippen LogP contribution in [0, 0.1) is 6.92 Å². The van der Waals surface area contributed by atoms with Crippen molar-refractivity contribution in [3.05, 3.63) is 44.6 Å². The van der Waals surface area contributed by atoms with Gasteiger partial charge in [-0.05, 0) is 52.9 Å². The maximum absolute atomic E-state index is 11.2. The van der Waals surface area contributed by atoms with Crippen LogP contribution in [-0.2, 0) is 0 Å². The standard InChI is InChI=1S/C16H13BrN2O2S3/c1-8-3-4-11(10(17)5-8)18-16-19-12(7-23-16)9-6-13(14(20)21)24-15(9)22-2/h3-7H,1-2H3,(H,18,19)(H,20,21). The smallest absolute Gasteiger partial charge is 0.345 e. The van der Waals surface area contributed by atoms with Crippen LogP contribution in [0.15, 0.2) is 38.3 Å². The average Bonchev–Trinajstić information content (AvgIpc) is 3.16. The van der Waals surface area contributed by atoms with Crippen molar-refractivity contribution in [3.63, 3.8) is 0 Å². The van der Waals surface area contributed by atoms with Gasteiger partial charge in [0.25, 0.3) is 0 Å². The van der Waals surface area contributed by atoms with Crippen molar-refractivity contribution in [1.29, 1.82) is 0 Å². The number of aromatic nitrogens is 1. The van der Waals surface area contributed by atoms with Gasteiger partial charge in [-0.2, -0.15) is 0 Å². The van der Waals surface area contributed by atoms with E-state index in [9.17, 15) is 9.90 Å². The number of halogens is 1. The van der Waals surface area contributed by atoms with Crippen LogP contribution in [0.5, 0.6) is 0 Å². The molecule has 24 heavy (non-hydrogen) atoms. The number of benzene rings is 1. The van der Waals surface area contributed by atoms with Gasteiger partial charge >= 0.3 is 5.97 Å². The number of thiazole rings is 1. The third kappa shape index (κ3) is 3.66. The highest BCUT2D eigenvalue weighted by Crippen LogP contribution is 2.39. The van der Waals surface area contributed by atoms with Crippen LogP contribution in [0.2, 0.25) is 0 Å². The van der Waals surface area contributed by atoms with Crippen LogP contribution in [0.25, 0.3) is 11.3 Å². The SMILES string of the molecule is CSc1sc(C(=O)O)cc1-c1csc(Nc2ccc(C)cc2Br)n1. The van der Waals surface area contributed by atoms with Crippen molar-refractivity contribution in [2.75, 3.05) is 11.6 Å². The van der Waals surface area contributed by atoms with Gasteiger partial charge in [-0.1, -0.05) is 6.07 Å². The van der Waals surface area contributed by atoms with E-state index < -0.39 is 5.97 Å². The summed E-state index contributed by atoms with van der Waals surface area (Å²) in [6.45, 7) is 2.04. The zero-order valence-corrected chi connectivity index (χ0v) is 16.8. The minimum absolute atomic E-state index is 0.332. The molecule has 0 saturated heterocycles. The number of hydrogen-bond acceptors (Lipinski definition) is 6. The maximum Gasteiger partial charge on any atom is 0.345 e. The molecule has 0 radical (unpaired) electrons. The first-order valence-corrected chi connectivity index (χ1v) is 10.6. The predicted molar refractivity (Wildman–Crippen MR) is 106 cm³/mol. The molecular weight excluding hydrogens is 428 g/mol. The predicted octanol–water partition coefficient (Wildman–Crippen LogP) is 6.11. The second-order valence-corrected chi connectivity index (χ2v) is 8.81. The first-order chi connectivity index (χ1) is 11.5. The van der Waals surface area contributed by atoms with Crippen LogP contribution in [0.4, 0.5) is 10.8 Å². The third-order valence-electron chi connectivity index (χ3n) is 3.24. The molecule has 0 fully saturated rings. The van der Waals surface area contributed by atoms with Crippen molar-refractivity contribution >= 4 is 67.2 Å². The van der Waals surface area contributed by atoms with Gasteiger partial charge in [0.05, 0.1) is 15.6 Å². The lowest BCUT2D eigenvalue weighted by Crippen LogP contribution is -1.91. The van der Waals surface area contributed by atoms with E-state index in [4.69, 9.17) is 0 Å². The zero-order valence-electron chi connectivity index (χ0n) is 12.8. The van der Waals surface area contributed by atoms with Gasteiger partial charge in [-0.3, -0.25) is 0 Å². The summed E-state index contributed by atoms with van der Waals surface area (Å²) in [5, 5.41) is 15.2. The first-order valence-electron chi connectivity index (χ1n) is 6.88. The Morgan fingerprint density at radius 2 is 2.17 bits per heavy atom. The summed E-state index contributed by atoms with van der Waals surface area (Å²) in [4.78, 5) is 16.1. The topological polar surface area (TPSA) is 62.2 Å². The minimum Gasteiger partial charge on any atom is -0.477 e. The Bertz CT molecular complexity index is 905. The minimum atomic E-state index is -0.904. The summed E-state index contributed by atoms with van der Waals surface area (Å²) in [5.41, 5.74) is 3.79. The number of thioether (sulfide) groups is 1. The Morgan fingerprint density at radius 1 is 1.38 bits per heavy atom. The number of aromatic carboxylic acids is 1. The fraction of sp³-hybridized carbons (Fsp3) is 0.125. The summed E-state index contributed by atoms with van der Waals surface area (Å²) >= 11 is 7.86. The highest BCUT2D eigenvalue weighted by Gasteiger charge is 2.17. The highest BCUT2D eigenvalue weighted by atomic mass is 79.9. The van der Waals surface area contributed by atoms with Crippen LogP contribution in [0.1, 0.15) is 15.2 Å². The van der Waals surface area contributed by atoms with E-state index in [1.165, 1.54) is 40.0 Å². The molecular formula is C16H13BrN2O2S3. The number of carbonyl (C=O) groups is 1. The average molecular weight is 441 g/mol. The Labute approximate surface area is 160 Å². The molecule has 4 nitrogen and oxygen atoms in total. The number of anilines is 2. The lowest BCUT2D eigenvalue weighted by atomic mass is 10.2. The van der Waals surface area contributed by atoms with Gasteiger partial charge in [0.1, 0.15) is 4.88 Å². The molecule has 1 aromatic carbocycles. The normalized spacial score (nSPS) is 10.8. The second-order valence-electron chi connectivity index (χ2n) is 4.97. The molecule has 0 saturated carbocycles. The summed E-state index contributed by atoms with van der Waals surface area (Å²) in [7, 11) is 0. The van der Waals surface area contributed by atoms with Gasteiger partial charge in [0.15, 0.2) is 5.13 Å². The fourth-order valence-electron chi connectivity index (χ4n) is 2.10. The summed E-state index contributed by atoms with van der Waals surface area (Å²) < 4.78 is 1.94. The lowest BCUT2D eigenvalue weighted by molar-refractivity contribution is 0.0702. The quantitative estimate of drug-likeness (QED) is 0.468. The third-order valence-corrected chi connectivity index (χ3v) is 6.91. The van der Waals surface area contributed by atoms with Crippen molar-refractivity contribution in [2.24, 2.45) is 0 Å². The second kappa shape index (κ2) is 7.26. The Hall–Kier alpha value is -1.35. The highest BCUT2D eigenvalue weighted by molar-refractivity contribution is 9.10. The molecule has 0 spiro atoms. The van der Waals surface area contributed by atoms with E-state index in [1.807, 2.05) is 36.8 Å². The molecule has 0 bridgehead atoms. The molecule has 0 aliphatic rings. The van der Waals surface area contributed by atoms with E-state index in [0.717, 1.165) is 30.8 Å². The number of aryl methyl sites for hydroxylation is 1. The van der Waals surface area contributed by atoms with Gasteiger partial charge < -0.3 is 10.4 Å². The van der Waals surface area contributed by atoms with E-state index in [2.05, 4.69) is 26.2 Å². The molecule has 124 valence electrons. The Morgan fingerprint density at radius 3 is 2.83 bits per heavy atom. The van der Waals surface area contributed by atoms with E-state index in [0.29, 0.717) is 4.88 Å². The van der Waals surface area contributed by atoms with E-state index >= 15 is 0 Å². The largest absolute Gasteiger partial charge is 0.477 e. The molecule has 8 heteroatoms. The Kier molecular flexibility index (Phi) is 5.29. The van der Waals surface area contributed by atoms with Gasteiger partial charge in [-0.15, -0.1) is 34.4 Å². The fourth-order valence-corrected chi connectivity index (χ4v) is 5.14. The number of carboxylic acids is 1. The van der Waals surface area contributed by atoms with Crippen LogP contribution >= 0.6 is 50.4 Å². The van der Waals surface area contributed by atoms with Crippen LogP contribution in [0.3, 0.4) is 0 Å². The monoisotopic (exact) mass is 440 g/mol. The van der Waals surface area contributed by atoms with Gasteiger partial charge in [-0.25, -0.2) is 9.78 Å². The van der Waals surface area contributed by atoms with Crippen molar-refractivity contribution in [3.8, 4) is 11.3 Å². The number of thiophene rings is 1. The number of nitrogens with one attached hydrogen (secondary N) is 1. The van der Waals surface area contributed by atoms with Crippen LogP contribution in [-0.4, -0.2) is 22.3 Å². The van der Waals surface area contributed by atoms with E-state index in [1.54, 1.807) is 6.07 Å². The molecule has 0 aliphatic heterocycles. The van der Waals surface area contributed by atoms with Crippen molar-refractivity contribution in [1.82, 2.24) is 4.98 Å². The van der Waals surface area contributed by atoms with Gasteiger partial charge in [0.2, 0.25) is 0 Å².